The molecule has 2 fully saturated rings. The Kier molecular flexibility index (Phi) is 2.42. The Morgan fingerprint density at radius 2 is 2.00 bits per heavy atom. The summed E-state index contributed by atoms with van der Waals surface area (Å²) in [6.07, 6.45) is 5.19. The van der Waals surface area contributed by atoms with Crippen LogP contribution in [0.2, 0.25) is 0 Å². The zero-order valence-electron chi connectivity index (χ0n) is 10.8. The number of rotatable bonds is 1. The molecule has 17 heavy (non-hydrogen) atoms. The molecule has 2 heteroatoms. The number of allylic oxidation sites excluding steroid dienone is 4. The lowest BCUT2D eigenvalue weighted by molar-refractivity contribution is -0.122. The minimum absolute atomic E-state index is 0.262. The van der Waals surface area contributed by atoms with Gasteiger partial charge in [0.25, 0.3) is 0 Å². The largest absolute Gasteiger partial charge is 0.501 e. The van der Waals surface area contributed by atoms with E-state index in [0.29, 0.717) is 23.5 Å². The van der Waals surface area contributed by atoms with Crippen molar-refractivity contribution in [1.82, 2.24) is 0 Å². The van der Waals surface area contributed by atoms with Gasteiger partial charge >= 0.3 is 0 Å². The van der Waals surface area contributed by atoms with Gasteiger partial charge in [0.1, 0.15) is 0 Å². The topological polar surface area (TPSA) is 26.3 Å². The molecule has 3 rings (SSSR count). The van der Waals surface area contributed by atoms with Crippen LogP contribution in [0.25, 0.3) is 0 Å². The summed E-state index contributed by atoms with van der Waals surface area (Å²) in [5, 5.41) is 0. The fourth-order valence-corrected chi connectivity index (χ4v) is 4.42. The summed E-state index contributed by atoms with van der Waals surface area (Å²) >= 11 is 0. The van der Waals surface area contributed by atoms with Crippen LogP contribution in [0.1, 0.15) is 33.1 Å². The first-order valence-electron chi connectivity index (χ1n) is 6.59. The predicted octanol–water partition coefficient (Wildman–Crippen LogP) is 3.10. The Labute approximate surface area is 103 Å². The molecule has 0 amide bonds. The van der Waals surface area contributed by atoms with E-state index in [1.54, 1.807) is 18.8 Å². The number of carbonyl (C=O) groups excluding carboxylic acids is 1. The molecule has 0 aliphatic heterocycles. The van der Waals surface area contributed by atoms with Crippen LogP contribution >= 0.6 is 0 Å². The Morgan fingerprint density at radius 1 is 1.29 bits per heavy atom. The van der Waals surface area contributed by atoms with Crippen molar-refractivity contribution in [2.24, 2.45) is 23.7 Å². The number of hydrogen-bond acceptors (Lipinski definition) is 2. The van der Waals surface area contributed by atoms with Gasteiger partial charge in [-0.1, -0.05) is 11.1 Å². The zero-order valence-corrected chi connectivity index (χ0v) is 10.8. The van der Waals surface area contributed by atoms with E-state index in [-0.39, 0.29) is 5.92 Å². The highest BCUT2D eigenvalue weighted by Crippen LogP contribution is 2.59. The molecule has 0 N–H and O–H groups in total. The highest BCUT2D eigenvalue weighted by molar-refractivity contribution is 5.94. The van der Waals surface area contributed by atoms with Gasteiger partial charge < -0.3 is 4.74 Å². The monoisotopic (exact) mass is 232 g/mol. The average Bonchev–Trinajstić information content (AvgIpc) is 2.84. The molecule has 4 atom stereocenters. The van der Waals surface area contributed by atoms with E-state index in [0.717, 1.165) is 12.2 Å². The van der Waals surface area contributed by atoms with E-state index >= 15 is 0 Å². The SMILES string of the molecule is COC1=CC(=O)[C@@H]2[C@@H](C1)[C@H]1CC[C@H]2C1=C(C)C. The summed E-state index contributed by atoms with van der Waals surface area (Å²) in [5.74, 6) is 3.17. The molecule has 0 saturated heterocycles. The molecule has 2 nitrogen and oxygen atoms in total. The van der Waals surface area contributed by atoms with E-state index in [1.165, 1.54) is 18.4 Å². The number of ether oxygens (including phenoxy) is 1. The van der Waals surface area contributed by atoms with Crippen LogP contribution in [-0.4, -0.2) is 12.9 Å². The van der Waals surface area contributed by atoms with Crippen LogP contribution in [0.3, 0.4) is 0 Å². The lowest BCUT2D eigenvalue weighted by Gasteiger charge is -2.32. The van der Waals surface area contributed by atoms with Crippen LogP contribution in [0.5, 0.6) is 0 Å². The summed E-state index contributed by atoms with van der Waals surface area (Å²) in [5.41, 5.74) is 3.04. The van der Waals surface area contributed by atoms with Crippen LogP contribution in [0.4, 0.5) is 0 Å². The summed E-state index contributed by atoms with van der Waals surface area (Å²) in [6.45, 7) is 4.40. The number of methoxy groups -OCH3 is 1. The number of fused-ring (bicyclic) bond motifs is 5. The van der Waals surface area contributed by atoms with Crippen molar-refractivity contribution in [3.8, 4) is 0 Å². The summed E-state index contributed by atoms with van der Waals surface area (Å²) in [6, 6.07) is 0. The summed E-state index contributed by atoms with van der Waals surface area (Å²) in [7, 11) is 1.68. The second-order valence-corrected chi connectivity index (χ2v) is 5.86. The van der Waals surface area contributed by atoms with Gasteiger partial charge in [0.2, 0.25) is 0 Å². The Hall–Kier alpha value is -1.05. The smallest absolute Gasteiger partial charge is 0.163 e. The molecule has 0 aromatic heterocycles. The molecule has 0 spiro atoms. The van der Waals surface area contributed by atoms with Crippen LogP contribution in [-0.2, 0) is 9.53 Å². The van der Waals surface area contributed by atoms with Crippen molar-refractivity contribution in [2.45, 2.75) is 33.1 Å². The molecule has 0 radical (unpaired) electrons. The normalized spacial score (nSPS) is 39.1. The maximum Gasteiger partial charge on any atom is 0.163 e. The molecule has 2 bridgehead atoms. The second kappa shape index (κ2) is 3.72. The van der Waals surface area contributed by atoms with Crippen LogP contribution in [0, 0.1) is 23.7 Å². The van der Waals surface area contributed by atoms with Crippen LogP contribution in [0.15, 0.2) is 23.0 Å². The third-order valence-corrected chi connectivity index (χ3v) is 4.91. The van der Waals surface area contributed by atoms with E-state index in [9.17, 15) is 4.79 Å². The first-order chi connectivity index (χ1) is 8.13. The van der Waals surface area contributed by atoms with Gasteiger partial charge in [-0.05, 0) is 44.4 Å². The molecule has 3 aliphatic carbocycles. The van der Waals surface area contributed by atoms with Gasteiger partial charge in [-0.25, -0.2) is 0 Å². The number of hydrogen-bond donors (Lipinski definition) is 0. The van der Waals surface area contributed by atoms with E-state index in [2.05, 4.69) is 13.8 Å². The Bertz CT molecular complexity index is 426. The van der Waals surface area contributed by atoms with E-state index in [4.69, 9.17) is 4.74 Å². The highest BCUT2D eigenvalue weighted by atomic mass is 16.5. The highest BCUT2D eigenvalue weighted by Gasteiger charge is 2.55. The van der Waals surface area contributed by atoms with Gasteiger partial charge in [0.05, 0.1) is 12.9 Å². The molecule has 0 heterocycles. The number of carbonyl (C=O) groups is 1. The van der Waals surface area contributed by atoms with Gasteiger partial charge in [-0.3, -0.25) is 4.79 Å². The molecular weight excluding hydrogens is 212 g/mol. The van der Waals surface area contributed by atoms with Crippen molar-refractivity contribution in [1.29, 1.82) is 0 Å². The summed E-state index contributed by atoms with van der Waals surface area (Å²) in [4.78, 5) is 12.2. The Morgan fingerprint density at radius 3 is 2.65 bits per heavy atom. The minimum atomic E-state index is 0.262. The van der Waals surface area contributed by atoms with E-state index < -0.39 is 0 Å². The summed E-state index contributed by atoms with van der Waals surface area (Å²) < 4.78 is 5.30. The fraction of sp³-hybridized carbons (Fsp3) is 0.667. The maximum absolute atomic E-state index is 12.2. The van der Waals surface area contributed by atoms with E-state index in [1.807, 2.05) is 0 Å². The molecule has 2 saturated carbocycles. The van der Waals surface area contributed by atoms with Crippen molar-refractivity contribution < 1.29 is 9.53 Å². The van der Waals surface area contributed by atoms with Gasteiger partial charge in [0, 0.05) is 18.4 Å². The van der Waals surface area contributed by atoms with Crippen molar-refractivity contribution >= 4 is 5.78 Å². The maximum atomic E-state index is 12.2. The lowest BCUT2D eigenvalue weighted by atomic mass is 9.72. The molecule has 92 valence electrons. The molecule has 0 unspecified atom stereocenters. The Balaban J connectivity index is 2.00. The molecular formula is C15H20O2. The zero-order chi connectivity index (χ0) is 12.2. The third-order valence-electron chi connectivity index (χ3n) is 4.91. The minimum Gasteiger partial charge on any atom is -0.501 e. The molecule has 0 aromatic carbocycles. The standard InChI is InChI=1S/C15H20O2/c1-8(2)14-10-4-5-11(14)15-12(10)6-9(17-3)7-13(15)16/h7,10-12,15H,4-6H2,1-3H3/t10-,11+,12+,15+/m1/s1. The average molecular weight is 232 g/mol. The third kappa shape index (κ3) is 1.42. The van der Waals surface area contributed by atoms with Crippen molar-refractivity contribution in [2.75, 3.05) is 7.11 Å². The fourth-order valence-electron chi connectivity index (χ4n) is 4.42. The lowest BCUT2D eigenvalue weighted by Crippen LogP contribution is -2.32. The predicted molar refractivity (Wildman–Crippen MR) is 66.3 cm³/mol. The van der Waals surface area contributed by atoms with Gasteiger partial charge in [-0.15, -0.1) is 0 Å². The first kappa shape index (κ1) is 11.1. The first-order valence-corrected chi connectivity index (χ1v) is 6.59. The number of ketones is 1. The van der Waals surface area contributed by atoms with Crippen molar-refractivity contribution in [3.63, 3.8) is 0 Å². The van der Waals surface area contributed by atoms with Crippen LogP contribution < -0.4 is 0 Å². The molecule has 0 aromatic rings. The molecule has 3 aliphatic rings. The quantitative estimate of drug-likeness (QED) is 0.649. The second-order valence-electron chi connectivity index (χ2n) is 5.86. The van der Waals surface area contributed by atoms with Crippen molar-refractivity contribution in [3.05, 3.63) is 23.0 Å². The van der Waals surface area contributed by atoms with Gasteiger partial charge in [-0.2, -0.15) is 0 Å². The van der Waals surface area contributed by atoms with Gasteiger partial charge in [0.15, 0.2) is 5.78 Å².